The maximum Gasteiger partial charge on any atom is 0.303 e. The fourth-order valence-electron chi connectivity index (χ4n) is 1.82. The zero-order valence-corrected chi connectivity index (χ0v) is 10.6. The normalized spacial score (nSPS) is 12.5. The van der Waals surface area contributed by atoms with Crippen LogP contribution >= 0.6 is 11.6 Å². The van der Waals surface area contributed by atoms with Gasteiger partial charge in [0.25, 0.3) is 0 Å². The highest BCUT2D eigenvalue weighted by atomic mass is 35.5. The number of phenolic OH excluding ortho intramolecular Hbond substituents is 1. The fourth-order valence-corrected chi connectivity index (χ4v) is 2.26. The first kappa shape index (κ1) is 13.8. The van der Waals surface area contributed by atoms with Gasteiger partial charge in [-0.05, 0) is 43.0 Å². The summed E-state index contributed by atoms with van der Waals surface area (Å²) >= 11 is 6.08. The van der Waals surface area contributed by atoms with Gasteiger partial charge in [-0.25, -0.2) is 0 Å². The predicted molar refractivity (Wildman–Crippen MR) is 66.4 cm³/mol. The van der Waals surface area contributed by atoms with E-state index >= 15 is 0 Å². The van der Waals surface area contributed by atoms with Gasteiger partial charge in [0.15, 0.2) is 0 Å². The third-order valence-electron chi connectivity index (χ3n) is 2.77. The zero-order valence-electron chi connectivity index (χ0n) is 9.83. The maximum atomic E-state index is 10.5. The number of carboxylic acid groups (broad SMARTS) is 1. The summed E-state index contributed by atoms with van der Waals surface area (Å²) in [6, 6.07) is 1.16. The van der Waals surface area contributed by atoms with Crippen LogP contribution < -0.4 is 5.73 Å². The number of aromatic hydroxyl groups is 1. The van der Waals surface area contributed by atoms with Gasteiger partial charge in [-0.3, -0.25) is 4.79 Å². The molecule has 4 N–H and O–H groups in total. The number of hydrogen-bond donors (Lipinski definition) is 3. The second kappa shape index (κ2) is 5.38. The van der Waals surface area contributed by atoms with Crippen LogP contribution in [0.3, 0.4) is 0 Å². The van der Waals surface area contributed by atoms with Gasteiger partial charge in [-0.15, -0.1) is 0 Å². The van der Waals surface area contributed by atoms with Gasteiger partial charge in [-0.2, -0.15) is 0 Å². The lowest BCUT2D eigenvalue weighted by Crippen LogP contribution is -2.14. The molecule has 4 nitrogen and oxygen atoms in total. The average Bonchev–Trinajstić information content (AvgIpc) is 2.23. The Morgan fingerprint density at radius 2 is 2.12 bits per heavy atom. The first-order valence-corrected chi connectivity index (χ1v) is 5.68. The zero-order chi connectivity index (χ0) is 13.2. The molecule has 1 atom stereocenters. The smallest absolute Gasteiger partial charge is 0.303 e. The molecule has 17 heavy (non-hydrogen) atoms. The van der Waals surface area contributed by atoms with Gasteiger partial charge in [0.2, 0.25) is 0 Å². The number of rotatable bonds is 4. The van der Waals surface area contributed by atoms with Crippen LogP contribution in [0.25, 0.3) is 0 Å². The summed E-state index contributed by atoms with van der Waals surface area (Å²) in [4.78, 5) is 10.5. The predicted octanol–water partition coefficient (Wildman–Crippen LogP) is 2.53. The van der Waals surface area contributed by atoms with Crippen LogP contribution in [-0.2, 0) is 4.79 Å². The van der Waals surface area contributed by atoms with E-state index in [2.05, 4.69) is 0 Å². The van der Waals surface area contributed by atoms with Gasteiger partial charge in [-0.1, -0.05) is 11.6 Å². The summed E-state index contributed by atoms with van der Waals surface area (Å²) < 4.78 is 0. The minimum atomic E-state index is -0.898. The second-order valence-corrected chi connectivity index (χ2v) is 4.51. The molecule has 0 spiro atoms. The molecule has 1 aromatic rings. The fraction of sp³-hybridized carbons (Fsp3) is 0.417. The standard InChI is InChI=1S/C12H16ClNO3/c1-6-5-8(13)11(7(2)12(6)17)9(14)3-4-10(15)16/h5,9,17H,3-4,14H2,1-2H3,(H,15,16). The highest BCUT2D eigenvalue weighted by Gasteiger charge is 2.18. The monoisotopic (exact) mass is 257 g/mol. The number of aryl methyl sites for hydroxylation is 1. The molecular formula is C12H16ClNO3. The Morgan fingerprint density at radius 3 is 2.65 bits per heavy atom. The van der Waals surface area contributed by atoms with Crippen LogP contribution in [0.15, 0.2) is 6.07 Å². The molecule has 0 radical (unpaired) electrons. The van der Waals surface area contributed by atoms with Crippen molar-refractivity contribution >= 4 is 17.6 Å². The van der Waals surface area contributed by atoms with Crippen molar-refractivity contribution in [1.82, 2.24) is 0 Å². The van der Waals surface area contributed by atoms with Crippen LogP contribution in [0.5, 0.6) is 5.75 Å². The van der Waals surface area contributed by atoms with E-state index in [0.29, 0.717) is 28.1 Å². The SMILES string of the molecule is Cc1cc(Cl)c(C(N)CCC(=O)O)c(C)c1O. The number of nitrogens with two attached hydrogens (primary N) is 1. The summed E-state index contributed by atoms with van der Waals surface area (Å²) in [5.41, 5.74) is 7.83. The Morgan fingerprint density at radius 1 is 1.53 bits per heavy atom. The molecule has 1 aromatic carbocycles. The van der Waals surface area contributed by atoms with Crippen molar-refractivity contribution in [3.05, 3.63) is 27.8 Å². The lowest BCUT2D eigenvalue weighted by molar-refractivity contribution is -0.137. The van der Waals surface area contributed by atoms with Crippen LogP contribution in [-0.4, -0.2) is 16.2 Å². The Balaban J connectivity index is 3.05. The quantitative estimate of drug-likeness (QED) is 0.774. The van der Waals surface area contributed by atoms with Crippen molar-refractivity contribution in [2.75, 3.05) is 0 Å². The van der Waals surface area contributed by atoms with Crippen LogP contribution in [0, 0.1) is 13.8 Å². The molecule has 0 saturated carbocycles. The van der Waals surface area contributed by atoms with Crippen molar-refractivity contribution < 1.29 is 15.0 Å². The number of aliphatic carboxylic acids is 1. The number of halogens is 1. The Labute approximate surface area is 105 Å². The Bertz CT molecular complexity index is 446. The number of carbonyl (C=O) groups is 1. The topological polar surface area (TPSA) is 83.6 Å². The molecule has 0 aliphatic carbocycles. The van der Waals surface area contributed by atoms with E-state index in [1.54, 1.807) is 19.9 Å². The molecule has 0 aliphatic heterocycles. The van der Waals surface area contributed by atoms with Crippen molar-refractivity contribution in [2.45, 2.75) is 32.7 Å². The minimum Gasteiger partial charge on any atom is -0.507 e. The molecule has 0 heterocycles. The molecule has 0 saturated heterocycles. The Hall–Kier alpha value is -1.26. The van der Waals surface area contributed by atoms with Crippen LogP contribution in [0.2, 0.25) is 5.02 Å². The van der Waals surface area contributed by atoms with E-state index in [4.69, 9.17) is 22.4 Å². The van der Waals surface area contributed by atoms with Gasteiger partial charge in [0, 0.05) is 17.5 Å². The largest absolute Gasteiger partial charge is 0.507 e. The number of hydrogen-bond acceptors (Lipinski definition) is 3. The molecule has 0 aliphatic rings. The molecule has 0 aromatic heterocycles. The lowest BCUT2D eigenvalue weighted by atomic mass is 9.95. The average molecular weight is 258 g/mol. The number of benzene rings is 1. The molecule has 0 bridgehead atoms. The van der Waals surface area contributed by atoms with E-state index in [-0.39, 0.29) is 12.2 Å². The Kier molecular flexibility index (Phi) is 4.37. The molecule has 1 rings (SSSR count). The van der Waals surface area contributed by atoms with E-state index < -0.39 is 12.0 Å². The van der Waals surface area contributed by atoms with Gasteiger partial charge >= 0.3 is 5.97 Å². The maximum absolute atomic E-state index is 10.5. The van der Waals surface area contributed by atoms with Crippen LogP contribution in [0.1, 0.15) is 35.6 Å². The first-order valence-electron chi connectivity index (χ1n) is 5.30. The van der Waals surface area contributed by atoms with Crippen molar-refractivity contribution in [1.29, 1.82) is 0 Å². The number of phenols is 1. The number of carboxylic acids is 1. The minimum absolute atomic E-state index is 0.0222. The highest BCUT2D eigenvalue weighted by Crippen LogP contribution is 2.35. The van der Waals surface area contributed by atoms with E-state index in [9.17, 15) is 9.90 Å². The third-order valence-corrected chi connectivity index (χ3v) is 3.09. The molecule has 94 valence electrons. The molecule has 1 unspecified atom stereocenters. The van der Waals surface area contributed by atoms with Gasteiger partial charge in [0.1, 0.15) is 5.75 Å². The first-order chi connectivity index (χ1) is 7.84. The van der Waals surface area contributed by atoms with Crippen LogP contribution in [0.4, 0.5) is 0 Å². The molecule has 0 amide bonds. The molecular weight excluding hydrogens is 242 g/mol. The van der Waals surface area contributed by atoms with E-state index in [0.717, 1.165) is 0 Å². The summed E-state index contributed by atoms with van der Waals surface area (Å²) in [5.74, 6) is -0.735. The molecule has 0 fully saturated rings. The van der Waals surface area contributed by atoms with Gasteiger partial charge in [0.05, 0.1) is 0 Å². The van der Waals surface area contributed by atoms with Gasteiger partial charge < -0.3 is 15.9 Å². The molecule has 5 heteroatoms. The summed E-state index contributed by atoms with van der Waals surface area (Å²) in [7, 11) is 0. The van der Waals surface area contributed by atoms with Crippen molar-refractivity contribution in [3.63, 3.8) is 0 Å². The van der Waals surface area contributed by atoms with E-state index in [1.807, 2.05) is 0 Å². The highest BCUT2D eigenvalue weighted by molar-refractivity contribution is 6.31. The lowest BCUT2D eigenvalue weighted by Gasteiger charge is -2.18. The summed E-state index contributed by atoms with van der Waals surface area (Å²) in [5, 5.41) is 18.9. The third kappa shape index (κ3) is 3.11. The van der Waals surface area contributed by atoms with Crippen molar-refractivity contribution in [3.8, 4) is 5.75 Å². The second-order valence-electron chi connectivity index (χ2n) is 4.10. The summed E-state index contributed by atoms with van der Waals surface area (Å²) in [6.07, 6.45) is 0.268. The van der Waals surface area contributed by atoms with E-state index in [1.165, 1.54) is 0 Å². The summed E-state index contributed by atoms with van der Waals surface area (Å²) in [6.45, 7) is 3.48. The van der Waals surface area contributed by atoms with Crippen molar-refractivity contribution in [2.24, 2.45) is 5.73 Å².